The van der Waals surface area contributed by atoms with Gasteiger partial charge < -0.3 is 30.9 Å². The van der Waals surface area contributed by atoms with Crippen LogP contribution < -0.4 is 10.8 Å². The lowest BCUT2D eigenvalue weighted by molar-refractivity contribution is -0.541. The van der Waals surface area contributed by atoms with Crippen molar-refractivity contribution in [1.29, 1.82) is 0 Å². The molecule has 0 aromatic rings. The van der Waals surface area contributed by atoms with Crippen molar-refractivity contribution in [3.8, 4) is 0 Å². The van der Waals surface area contributed by atoms with Gasteiger partial charge in [-0.1, -0.05) is 0 Å². The zero-order chi connectivity index (χ0) is 9.30. The number of hydrogen-bond acceptors (Lipinski definition) is 5. The van der Waals surface area contributed by atoms with E-state index in [1.165, 1.54) is 0 Å². The summed E-state index contributed by atoms with van der Waals surface area (Å²) in [5.41, 5.74) is 3.44. The van der Waals surface area contributed by atoms with E-state index < -0.39 is 30.7 Å². The Kier molecular flexibility index (Phi) is 5.08. The van der Waals surface area contributed by atoms with Crippen LogP contribution in [0.4, 0.5) is 0 Å². The molecule has 3 unspecified atom stereocenters. The van der Waals surface area contributed by atoms with Crippen molar-refractivity contribution in [2.45, 2.75) is 30.7 Å². The van der Waals surface area contributed by atoms with Crippen LogP contribution in [0.1, 0.15) is 0 Å². The largest absolute Gasteiger partial charge is 0.829 e. The first-order valence-corrected chi connectivity index (χ1v) is 3.72. The molecule has 0 aromatic carbocycles. The van der Waals surface area contributed by atoms with Crippen LogP contribution in [0.15, 0.2) is 0 Å². The summed E-state index contributed by atoms with van der Waals surface area (Å²) >= 11 is 0. The van der Waals surface area contributed by atoms with Gasteiger partial charge in [0.05, 0.1) is 6.10 Å². The summed E-state index contributed by atoms with van der Waals surface area (Å²) in [7, 11) is 0. The lowest BCUT2D eigenvalue weighted by Gasteiger charge is -2.42. The third-order valence-corrected chi connectivity index (χ3v) is 1.95. The predicted octanol–water partition coefficient (Wildman–Crippen LogP) is -4.18. The number of quaternary nitrogens is 1. The van der Waals surface area contributed by atoms with Crippen molar-refractivity contribution in [2.24, 2.45) is 0 Å². The van der Waals surface area contributed by atoms with Crippen LogP contribution in [0.5, 0.6) is 0 Å². The van der Waals surface area contributed by atoms with Gasteiger partial charge in [0.15, 0.2) is 0 Å². The quantitative estimate of drug-likeness (QED) is 0.354. The van der Waals surface area contributed by atoms with Gasteiger partial charge in [-0.2, -0.15) is 0 Å². The maximum atomic E-state index is 10.8. The fourth-order valence-electron chi connectivity index (χ4n) is 1.16. The minimum absolute atomic E-state index is 0. The third-order valence-electron chi connectivity index (χ3n) is 1.95. The van der Waals surface area contributed by atoms with Gasteiger partial charge in [-0.15, -0.1) is 12.4 Å². The smallest absolute Gasteiger partial charge is 0.133 e. The molecule has 0 aromatic heterocycles. The first-order valence-electron chi connectivity index (χ1n) is 3.72. The highest BCUT2D eigenvalue weighted by Crippen LogP contribution is 2.16. The zero-order valence-electron chi connectivity index (χ0n) is 6.87. The van der Waals surface area contributed by atoms with E-state index in [4.69, 9.17) is 10.2 Å². The molecule has 0 aliphatic carbocycles. The van der Waals surface area contributed by atoms with Crippen molar-refractivity contribution in [1.82, 2.24) is 0 Å². The van der Waals surface area contributed by atoms with E-state index in [0.29, 0.717) is 0 Å². The summed E-state index contributed by atoms with van der Waals surface area (Å²) in [6.07, 6.45) is -6.72. The minimum atomic E-state index is -1.70. The monoisotopic (exact) mass is 215 g/mol. The van der Waals surface area contributed by atoms with Gasteiger partial charge in [-0.25, -0.2) is 0 Å². The van der Waals surface area contributed by atoms with Crippen LogP contribution in [0, 0.1) is 0 Å². The number of aliphatic hydroxyl groups excluding tert-OH is 3. The minimum Gasteiger partial charge on any atom is -0.829 e. The van der Waals surface area contributed by atoms with Gasteiger partial charge in [0.25, 0.3) is 0 Å². The van der Waals surface area contributed by atoms with E-state index >= 15 is 0 Å². The summed E-state index contributed by atoms with van der Waals surface area (Å²) in [6, 6.07) is 0. The van der Waals surface area contributed by atoms with E-state index in [1.807, 2.05) is 0 Å². The zero-order valence-corrected chi connectivity index (χ0v) is 7.68. The molecule has 6 N–H and O–H groups in total. The molecule has 0 bridgehead atoms. The Labute approximate surface area is 81.3 Å². The standard InChI is InChI=1S/C6H12NO5.ClH/c7-1-2-3(8)4(9)5(10)6(11)12-2;/h2-6,8-10H,1,7H2;1H/q-1;/p+1/t2?,3-,4+,5?,6?;/m1./s1. The molecule has 1 heterocycles. The number of hydrogen-bond donors (Lipinski definition) is 4. The Morgan fingerprint density at radius 2 is 1.69 bits per heavy atom. The van der Waals surface area contributed by atoms with E-state index in [9.17, 15) is 10.2 Å². The Morgan fingerprint density at radius 3 is 2.15 bits per heavy atom. The molecule has 1 fully saturated rings. The average Bonchev–Trinajstić information content (AvgIpc) is 2.08. The molecular formula is C6H14ClNO5. The number of rotatable bonds is 1. The highest BCUT2D eigenvalue weighted by Gasteiger charge is 2.39. The fraction of sp³-hybridized carbons (Fsp3) is 1.00. The van der Waals surface area contributed by atoms with Gasteiger partial charge in [-0.3, -0.25) is 0 Å². The van der Waals surface area contributed by atoms with Gasteiger partial charge in [0, 0.05) is 6.29 Å². The third kappa shape index (κ3) is 2.50. The predicted molar refractivity (Wildman–Crippen MR) is 41.7 cm³/mol. The molecule has 7 heteroatoms. The molecule has 1 aliphatic heterocycles. The van der Waals surface area contributed by atoms with Crippen LogP contribution in [0.2, 0.25) is 0 Å². The maximum Gasteiger partial charge on any atom is 0.133 e. The highest BCUT2D eigenvalue weighted by atomic mass is 35.5. The maximum absolute atomic E-state index is 10.8. The summed E-state index contributed by atoms with van der Waals surface area (Å²) in [4.78, 5) is 0. The molecule has 0 spiro atoms. The highest BCUT2D eigenvalue weighted by molar-refractivity contribution is 5.85. The van der Waals surface area contributed by atoms with Gasteiger partial charge >= 0.3 is 0 Å². The van der Waals surface area contributed by atoms with Gasteiger partial charge in [-0.05, 0) is 0 Å². The topological polar surface area (TPSA) is 121 Å². The van der Waals surface area contributed by atoms with Crippen LogP contribution in [0.25, 0.3) is 0 Å². The normalized spacial score (nSPS) is 45.5. The van der Waals surface area contributed by atoms with E-state index in [1.54, 1.807) is 0 Å². The van der Waals surface area contributed by atoms with Crippen LogP contribution in [-0.2, 0) is 4.74 Å². The lowest BCUT2D eigenvalue weighted by atomic mass is 9.99. The second-order valence-corrected chi connectivity index (χ2v) is 2.80. The van der Waals surface area contributed by atoms with Crippen molar-refractivity contribution < 1.29 is 30.9 Å². The van der Waals surface area contributed by atoms with E-state index in [2.05, 4.69) is 10.5 Å². The summed E-state index contributed by atoms with van der Waals surface area (Å²) in [6.45, 7) is 0.184. The number of aliphatic hydroxyl groups is 3. The van der Waals surface area contributed by atoms with Gasteiger partial charge in [0.1, 0.15) is 24.9 Å². The Bertz CT molecular complexity index is 155. The Morgan fingerprint density at radius 1 is 1.15 bits per heavy atom. The fourth-order valence-corrected chi connectivity index (χ4v) is 1.16. The molecule has 80 valence electrons. The second-order valence-electron chi connectivity index (χ2n) is 2.80. The summed E-state index contributed by atoms with van der Waals surface area (Å²) in [5, 5.41) is 38.1. The van der Waals surface area contributed by atoms with Crippen LogP contribution in [0.3, 0.4) is 0 Å². The molecule has 1 rings (SSSR count). The summed E-state index contributed by atoms with van der Waals surface area (Å²) in [5.74, 6) is 0. The molecule has 0 amide bonds. The van der Waals surface area contributed by atoms with Crippen LogP contribution >= 0.6 is 12.4 Å². The van der Waals surface area contributed by atoms with E-state index in [-0.39, 0.29) is 19.0 Å². The molecule has 1 saturated heterocycles. The molecular weight excluding hydrogens is 202 g/mol. The number of ether oxygens (including phenoxy) is 1. The molecule has 13 heavy (non-hydrogen) atoms. The Hall–Kier alpha value is 0.0500. The number of halogens is 1. The van der Waals surface area contributed by atoms with Crippen molar-refractivity contribution in [3.63, 3.8) is 0 Å². The Balaban J connectivity index is 0.00000144. The second kappa shape index (κ2) is 5.06. The lowest BCUT2D eigenvalue weighted by Crippen LogP contribution is -2.68. The first kappa shape index (κ1) is 13.1. The molecule has 0 saturated carbocycles. The molecule has 5 atom stereocenters. The van der Waals surface area contributed by atoms with Crippen LogP contribution in [-0.4, -0.2) is 52.6 Å². The van der Waals surface area contributed by atoms with E-state index in [0.717, 1.165) is 0 Å². The van der Waals surface area contributed by atoms with Crippen molar-refractivity contribution in [2.75, 3.05) is 6.54 Å². The average molecular weight is 216 g/mol. The SMILES string of the molecule is Cl.[NH3+]CC1OC([O-])C(O)[C@@H](O)[C@@H]1O. The van der Waals surface area contributed by atoms with Crippen molar-refractivity contribution >= 4 is 12.4 Å². The molecule has 0 radical (unpaired) electrons. The molecule has 6 nitrogen and oxygen atoms in total. The van der Waals surface area contributed by atoms with Gasteiger partial charge in [0.2, 0.25) is 0 Å². The summed E-state index contributed by atoms with van der Waals surface area (Å²) < 4.78 is 4.65. The van der Waals surface area contributed by atoms with Crippen molar-refractivity contribution in [3.05, 3.63) is 0 Å². The molecule has 1 aliphatic rings. The first-order chi connectivity index (χ1) is 5.57.